The number of amides is 1. The zero-order chi connectivity index (χ0) is 20.0. The average molecular weight is 395 g/mol. The highest BCUT2D eigenvalue weighted by molar-refractivity contribution is 7.92. The predicted octanol–water partition coefficient (Wildman–Crippen LogP) is 2.98. The Hall–Kier alpha value is -3.19. The molecule has 28 heavy (non-hydrogen) atoms. The van der Waals surface area contributed by atoms with Gasteiger partial charge in [-0.3, -0.25) is 14.1 Å². The number of carbonyl (C=O) groups excluding carboxylic acids is 1. The van der Waals surface area contributed by atoms with E-state index in [1.54, 1.807) is 30.5 Å². The summed E-state index contributed by atoms with van der Waals surface area (Å²) in [5.74, 6) is -0.244. The Morgan fingerprint density at radius 3 is 2.25 bits per heavy atom. The zero-order valence-electron chi connectivity index (χ0n) is 15.4. The minimum Gasteiger partial charge on any atom is -0.346 e. The molecule has 1 N–H and O–H groups in total. The summed E-state index contributed by atoms with van der Waals surface area (Å²) >= 11 is 0. The molecule has 0 spiro atoms. The van der Waals surface area contributed by atoms with Crippen molar-refractivity contribution >= 4 is 21.6 Å². The van der Waals surface area contributed by atoms with Crippen molar-refractivity contribution in [3.05, 3.63) is 95.8 Å². The second-order valence-electron chi connectivity index (χ2n) is 6.31. The van der Waals surface area contributed by atoms with Crippen LogP contribution < -0.4 is 9.62 Å². The Kier molecular flexibility index (Phi) is 6.06. The van der Waals surface area contributed by atoms with E-state index in [2.05, 4.69) is 10.3 Å². The van der Waals surface area contributed by atoms with Gasteiger partial charge in [0.15, 0.2) is 0 Å². The molecule has 0 fully saturated rings. The molecule has 6 nitrogen and oxygen atoms in total. The van der Waals surface area contributed by atoms with Crippen LogP contribution >= 0.6 is 0 Å². The molecule has 3 rings (SSSR count). The molecule has 0 atom stereocenters. The second kappa shape index (κ2) is 8.67. The van der Waals surface area contributed by atoms with Crippen LogP contribution in [0.2, 0.25) is 0 Å². The van der Waals surface area contributed by atoms with E-state index in [-0.39, 0.29) is 12.5 Å². The molecule has 1 heterocycles. The fraction of sp³-hybridized carbons (Fsp3) is 0.143. The van der Waals surface area contributed by atoms with Crippen molar-refractivity contribution in [3.63, 3.8) is 0 Å². The van der Waals surface area contributed by atoms with Crippen LogP contribution in [0.5, 0.6) is 0 Å². The molecule has 0 aliphatic heterocycles. The number of hydrogen-bond donors (Lipinski definition) is 1. The van der Waals surface area contributed by atoms with E-state index in [1.807, 2.05) is 48.5 Å². The van der Waals surface area contributed by atoms with Crippen molar-refractivity contribution in [2.24, 2.45) is 0 Å². The fourth-order valence-corrected chi connectivity index (χ4v) is 3.59. The number of hydrogen-bond acceptors (Lipinski definition) is 4. The number of nitrogens with zero attached hydrogens (tertiary/aromatic N) is 2. The van der Waals surface area contributed by atoms with Gasteiger partial charge in [0.1, 0.15) is 0 Å². The second-order valence-corrected chi connectivity index (χ2v) is 8.21. The largest absolute Gasteiger partial charge is 0.346 e. The maximum Gasteiger partial charge on any atom is 0.251 e. The van der Waals surface area contributed by atoms with Crippen LogP contribution in [0.3, 0.4) is 0 Å². The first-order valence-corrected chi connectivity index (χ1v) is 10.6. The van der Waals surface area contributed by atoms with Gasteiger partial charge in [0.2, 0.25) is 10.0 Å². The van der Waals surface area contributed by atoms with Gasteiger partial charge < -0.3 is 5.32 Å². The molecular weight excluding hydrogens is 374 g/mol. The summed E-state index contributed by atoms with van der Waals surface area (Å²) in [5.41, 5.74) is 2.60. The van der Waals surface area contributed by atoms with Gasteiger partial charge in [-0.05, 0) is 42.0 Å². The third kappa shape index (κ3) is 5.17. The summed E-state index contributed by atoms with van der Waals surface area (Å²) in [4.78, 5) is 16.5. The molecule has 0 radical (unpaired) electrons. The molecule has 1 amide bonds. The van der Waals surface area contributed by atoms with Crippen molar-refractivity contribution in [2.45, 2.75) is 13.1 Å². The number of benzene rings is 2. The molecule has 0 unspecified atom stereocenters. The van der Waals surface area contributed by atoms with E-state index in [4.69, 9.17) is 0 Å². The minimum atomic E-state index is -3.47. The standard InChI is InChI=1S/C21H21N3O3S/c1-28(26,27)24(16-17-7-3-2-4-8-17)20-12-10-18(11-13-20)21(25)23-15-19-9-5-6-14-22-19/h2-14H,15-16H2,1H3,(H,23,25). The molecule has 0 saturated carbocycles. The number of rotatable bonds is 7. The van der Waals surface area contributed by atoms with Gasteiger partial charge in [0.25, 0.3) is 5.91 Å². The lowest BCUT2D eigenvalue weighted by molar-refractivity contribution is 0.0950. The summed E-state index contributed by atoms with van der Waals surface area (Å²) in [5, 5.41) is 2.80. The SMILES string of the molecule is CS(=O)(=O)N(Cc1ccccc1)c1ccc(C(=O)NCc2ccccn2)cc1. The number of sulfonamides is 1. The number of anilines is 1. The first kappa shape index (κ1) is 19.6. The van der Waals surface area contributed by atoms with Gasteiger partial charge >= 0.3 is 0 Å². The lowest BCUT2D eigenvalue weighted by Gasteiger charge is -2.22. The van der Waals surface area contributed by atoms with Crippen LogP contribution in [0.25, 0.3) is 0 Å². The summed E-state index contributed by atoms with van der Waals surface area (Å²) in [6.45, 7) is 0.551. The van der Waals surface area contributed by atoms with Crippen LogP contribution in [-0.2, 0) is 23.1 Å². The molecule has 2 aromatic carbocycles. The van der Waals surface area contributed by atoms with Gasteiger partial charge in [0.05, 0.1) is 30.7 Å². The summed E-state index contributed by atoms with van der Waals surface area (Å²) in [7, 11) is -3.47. The van der Waals surface area contributed by atoms with E-state index in [1.165, 1.54) is 10.6 Å². The Morgan fingerprint density at radius 2 is 1.64 bits per heavy atom. The molecule has 0 saturated heterocycles. The maximum atomic E-state index is 12.3. The van der Waals surface area contributed by atoms with Crippen molar-refractivity contribution in [2.75, 3.05) is 10.6 Å². The third-order valence-corrected chi connectivity index (χ3v) is 5.28. The molecule has 0 aliphatic rings. The molecule has 7 heteroatoms. The van der Waals surface area contributed by atoms with Gasteiger partial charge in [-0.2, -0.15) is 0 Å². The van der Waals surface area contributed by atoms with Gasteiger partial charge in [-0.25, -0.2) is 8.42 Å². The number of aromatic nitrogens is 1. The lowest BCUT2D eigenvalue weighted by atomic mass is 10.1. The van der Waals surface area contributed by atoms with Crippen molar-refractivity contribution in [1.29, 1.82) is 0 Å². The zero-order valence-corrected chi connectivity index (χ0v) is 16.3. The van der Waals surface area contributed by atoms with Crippen LogP contribution in [0.1, 0.15) is 21.6 Å². The summed E-state index contributed by atoms with van der Waals surface area (Å²) in [6, 6.07) is 21.4. The lowest BCUT2D eigenvalue weighted by Crippen LogP contribution is -2.29. The topological polar surface area (TPSA) is 79.4 Å². The van der Waals surface area contributed by atoms with E-state index in [0.717, 1.165) is 11.3 Å². The van der Waals surface area contributed by atoms with E-state index >= 15 is 0 Å². The van der Waals surface area contributed by atoms with E-state index in [9.17, 15) is 13.2 Å². The normalized spacial score (nSPS) is 11.0. The van der Waals surface area contributed by atoms with Crippen LogP contribution in [-0.4, -0.2) is 25.6 Å². The summed E-state index contributed by atoms with van der Waals surface area (Å²) in [6.07, 6.45) is 2.84. The minimum absolute atomic E-state index is 0.227. The van der Waals surface area contributed by atoms with Crippen molar-refractivity contribution in [3.8, 4) is 0 Å². The predicted molar refractivity (Wildman–Crippen MR) is 109 cm³/mol. The highest BCUT2D eigenvalue weighted by Gasteiger charge is 2.18. The molecule has 1 aromatic heterocycles. The number of pyridine rings is 1. The number of nitrogens with one attached hydrogen (secondary N) is 1. The quantitative estimate of drug-likeness (QED) is 0.667. The molecule has 0 aliphatic carbocycles. The van der Waals surface area contributed by atoms with Gasteiger partial charge in [0, 0.05) is 11.8 Å². The van der Waals surface area contributed by atoms with Crippen LogP contribution in [0.4, 0.5) is 5.69 Å². The molecule has 0 bridgehead atoms. The van der Waals surface area contributed by atoms with Crippen LogP contribution in [0.15, 0.2) is 79.0 Å². The highest BCUT2D eigenvalue weighted by Crippen LogP contribution is 2.21. The van der Waals surface area contributed by atoms with Crippen LogP contribution in [0, 0.1) is 0 Å². The first-order valence-electron chi connectivity index (χ1n) is 8.73. The molecular formula is C21H21N3O3S. The Bertz CT molecular complexity index is 1020. The van der Waals surface area contributed by atoms with Crippen molar-refractivity contribution in [1.82, 2.24) is 10.3 Å². The monoisotopic (exact) mass is 395 g/mol. The van der Waals surface area contributed by atoms with E-state index < -0.39 is 10.0 Å². The van der Waals surface area contributed by atoms with E-state index in [0.29, 0.717) is 17.8 Å². The average Bonchev–Trinajstić information content (AvgIpc) is 2.71. The Labute approximate surface area is 164 Å². The van der Waals surface area contributed by atoms with Crippen molar-refractivity contribution < 1.29 is 13.2 Å². The van der Waals surface area contributed by atoms with Gasteiger partial charge in [-0.1, -0.05) is 36.4 Å². The highest BCUT2D eigenvalue weighted by atomic mass is 32.2. The van der Waals surface area contributed by atoms with Gasteiger partial charge in [-0.15, -0.1) is 0 Å². The Morgan fingerprint density at radius 1 is 0.964 bits per heavy atom. The molecule has 144 valence electrons. The fourth-order valence-electron chi connectivity index (χ4n) is 2.70. The Balaban J connectivity index is 1.72. The first-order chi connectivity index (χ1) is 13.4. The summed E-state index contributed by atoms with van der Waals surface area (Å²) < 4.78 is 25.8. The third-order valence-electron chi connectivity index (χ3n) is 4.14. The maximum absolute atomic E-state index is 12.3. The number of carbonyl (C=O) groups is 1. The molecule has 3 aromatic rings. The smallest absolute Gasteiger partial charge is 0.251 e.